The summed E-state index contributed by atoms with van der Waals surface area (Å²) in [5, 5.41) is 11.7. The number of methoxy groups -OCH3 is 2. The van der Waals surface area contributed by atoms with Gasteiger partial charge in [-0.15, -0.1) is 0 Å². The van der Waals surface area contributed by atoms with Crippen LogP contribution in [0.2, 0.25) is 0 Å². The minimum atomic E-state index is -3.83. The van der Waals surface area contributed by atoms with E-state index in [9.17, 15) is 8.42 Å². The first kappa shape index (κ1) is 16.8. The summed E-state index contributed by atoms with van der Waals surface area (Å²) in [5.74, 6) is 0.874. The minimum Gasteiger partial charge on any atom is -0.493 e. The number of nitriles is 1. The molecule has 8 heteroatoms. The van der Waals surface area contributed by atoms with Gasteiger partial charge in [0.1, 0.15) is 6.07 Å². The zero-order valence-corrected chi connectivity index (χ0v) is 13.0. The Morgan fingerprint density at radius 1 is 1.24 bits per heavy atom. The first-order valence-electron chi connectivity index (χ1n) is 5.98. The standard InChI is InChI=1S/C13H16N2O5S/c1-9(2)21(16,17)20-15-11(8-14)10-5-6-12(18-3)13(7-10)19-4/h5-7,9H,1-4H3. The maximum Gasteiger partial charge on any atom is 0.330 e. The zero-order chi connectivity index (χ0) is 16.0. The summed E-state index contributed by atoms with van der Waals surface area (Å²) in [6, 6.07) is 6.42. The maximum absolute atomic E-state index is 11.5. The lowest BCUT2D eigenvalue weighted by Gasteiger charge is -2.09. The van der Waals surface area contributed by atoms with Crippen LogP contribution in [0.1, 0.15) is 19.4 Å². The van der Waals surface area contributed by atoms with Crippen molar-refractivity contribution in [2.24, 2.45) is 5.16 Å². The van der Waals surface area contributed by atoms with E-state index in [0.717, 1.165) is 0 Å². The predicted molar refractivity (Wildman–Crippen MR) is 76.8 cm³/mol. The quantitative estimate of drug-likeness (QED) is 0.585. The lowest BCUT2D eigenvalue weighted by Crippen LogP contribution is -2.15. The third-order valence-corrected chi connectivity index (χ3v) is 4.01. The van der Waals surface area contributed by atoms with Gasteiger partial charge in [-0.1, -0.05) is 5.16 Å². The van der Waals surface area contributed by atoms with Gasteiger partial charge in [0, 0.05) is 5.56 Å². The molecule has 0 bridgehead atoms. The average Bonchev–Trinajstić information content (AvgIpc) is 2.47. The molecule has 0 saturated heterocycles. The van der Waals surface area contributed by atoms with E-state index in [0.29, 0.717) is 17.1 Å². The van der Waals surface area contributed by atoms with Crippen molar-refractivity contribution in [3.05, 3.63) is 23.8 Å². The number of nitrogens with zero attached hydrogens (tertiary/aromatic N) is 2. The van der Waals surface area contributed by atoms with E-state index in [1.807, 2.05) is 0 Å². The highest BCUT2D eigenvalue weighted by Gasteiger charge is 2.18. The Labute approximate surface area is 123 Å². The highest BCUT2D eigenvalue weighted by Crippen LogP contribution is 2.27. The Balaban J connectivity index is 3.15. The number of hydrogen-bond acceptors (Lipinski definition) is 7. The number of rotatable bonds is 6. The second-order valence-electron chi connectivity index (χ2n) is 4.24. The van der Waals surface area contributed by atoms with E-state index in [1.165, 1.54) is 34.1 Å². The molecule has 0 heterocycles. The molecule has 0 radical (unpaired) electrons. The Morgan fingerprint density at radius 2 is 1.86 bits per heavy atom. The molecule has 0 fully saturated rings. The summed E-state index contributed by atoms with van der Waals surface area (Å²) < 4.78 is 37.7. The molecule has 0 saturated carbocycles. The van der Waals surface area contributed by atoms with Crippen LogP contribution in [-0.4, -0.2) is 33.6 Å². The SMILES string of the molecule is COc1ccc(C(C#N)=NOS(=O)(=O)C(C)C)cc1OC. The van der Waals surface area contributed by atoms with Crippen LogP contribution < -0.4 is 9.47 Å². The second-order valence-corrected chi connectivity index (χ2v) is 6.32. The molecule has 114 valence electrons. The molecule has 21 heavy (non-hydrogen) atoms. The fourth-order valence-corrected chi connectivity index (χ4v) is 1.65. The van der Waals surface area contributed by atoms with Gasteiger partial charge in [0.25, 0.3) is 0 Å². The van der Waals surface area contributed by atoms with Crippen molar-refractivity contribution in [2.75, 3.05) is 14.2 Å². The van der Waals surface area contributed by atoms with Crippen LogP contribution in [-0.2, 0) is 14.4 Å². The molecule has 0 spiro atoms. The summed E-state index contributed by atoms with van der Waals surface area (Å²) in [6.45, 7) is 2.90. The number of benzene rings is 1. The van der Waals surface area contributed by atoms with Crippen LogP contribution >= 0.6 is 0 Å². The van der Waals surface area contributed by atoms with Crippen LogP contribution in [0.15, 0.2) is 23.4 Å². The normalized spacial score (nSPS) is 11.9. The van der Waals surface area contributed by atoms with Crippen molar-refractivity contribution in [3.8, 4) is 17.6 Å². The summed E-state index contributed by atoms with van der Waals surface area (Å²) in [4.78, 5) is 0. The van der Waals surface area contributed by atoms with Gasteiger partial charge in [0.2, 0.25) is 0 Å². The molecule has 1 aromatic carbocycles. The van der Waals surface area contributed by atoms with Crippen LogP contribution in [0.4, 0.5) is 0 Å². The Bertz CT molecular complexity index is 674. The molecule has 0 aliphatic carbocycles. The molecule has 0 aliphatic heterocycles. The number of ether oxygens (including phenoxy) is 2. The van der Waals surface area contributed by atoms with Crippen LogP contribution in [0, 0.1) is 11.3 Å². The van der Waals surface area contributed by atoms with Crippen molar-refractivity contribution in [1.82, 2.24) is 0 Å². The van der Waals surface area contributed by atoms with E-state index < -0.39 is 15.4 Å². The molecule has 1 aromatic rings. The molecule has 0 unspecified atom stereocenters. The van der Waals surface area contributed by atoms with Gasteiger partial charge in [0.05, 0.1) is 19.5 Å². The third-order valence-electron chi connectivity index (χ3n) is 2.57. The van der Waals surface area contributed by atoms with Crippen molar-refractivity contribution < 1.29 is 22.2 Å². The first-order valence-corrected chi connectivity index (χ1v) is 7.45. The first-order chi connectivity index (χ1) is 9.85. The molecule has 0 aromatic heterocycles. The van der Waals surface area contributed by atoms with Crippen molar-refractivity contribution >= 4 is 15.8 Å². The van der Waals surface area contributed by atoms with Crippen molar-refractivity contribution in [3.63, 3.8) is 0 Å². The van der Waals surface area contributed by atoms with Gasteiger partial charge in [-0.05, 0) is 32.0 Å². The molecule has 0 amide bonds. The number of oxime groups is 1. The fraction of sp³-hybridized carbons (Fsp3) is 0.385. The van der Waals surface area contributed by atoms with Gasteiger partial charge in [0.15, 0.2) is 17.2 Å². The van der Waals surface area contributed by atoms with E-state index in [-0.39, 0.29) is 5.71 Å². The monoisotopic (exact) mass is 312 g/mol. The summed E-state index contributed by atoms with van der Waals surface area (Å²) in [7, 11) is -0.904. The molecular formula is C13H16N2O5S. The highest BCUT2D eigenvalue weighted by atomic mass is 32.2. The lowest BCUT2D eigenvalue weighted by molar-refractivity contribution is 0.334. The van der Waals surface area contributed by atoms with Crippen LogP contribution in [0.25, 0.3) is 0 Å². The van der Waals surface area contributed by atoms with Gasteiger partial charge in [-0.25, -0.2) is 0 Å². The number of hydrogen-bond donors (Lipinski definition) is 0. The van der Waals surface area contributed by atoms with Crippen molar-refractivity contribution in [2.45, 2.75) is 19.1 Å². The molecule has 0 atom stereocenters. The molecular weight excluding hydrogens is 296 g/mol. The lowest BCUT2D eigenvalue weighted by atomic mass is 10.1. The van der Waals surface area contributed by atoms with Crippen LogP contribution in [0.3, 0.4) is 0 Å². The van der Waals surface area contributed by atoms with E-state index in [4.69, 9.17) is 14.7 Å². The Morgan fingerprint density at radius 3 is 2.33 bits per heavy atom. The van der Waals surface area contributed by atoms with Gasteiger partial charge in [-0.2, -0.15) is 13.7 Å². The summed E-state index contributed by atoms with van der Waals surface area (Å²) in [5.41, 5.74) is 0.175. The fourth-order valence-electron chi connectivity index (χ4n) is 1.30. The van der Waals surface area contributed by atoms with E-state index in [1.54, 1.807) is 18.2 Å². The van der Waals surface area contributed by atoms with Crippen LogP contribution in [0.5, 0.6) is 11.5 Å². The van der Waals surface area contributed by atoms with E-state index >= 15 is 0 Å². The predicted octanol–water partition coefficient (Wildman–Crippen LogP) is 1.69. The summed E-state index contributed by atoms with van der Waals surface area (Å²) in [6.07, 6.45) is 0. The van der Waals surface area contributed by atoms with Gasteiger partial charge >= 0.3 is 10.1 Å². The minimum absolute atomic E-state index is 0.180. The average molecular weight is 312 g/mol. The Kier molecular flexibility index (Phi) is 5.55. The molecule has 0 N–H and O–H groups in total. The molecule has 7 nitrogen and oxygen atoms in total. The third kappa shape index (κ3) is 4.10. The summed E-state index contributed by atoms with van der Waals surface area (Å²) >= 11 is 0. The van der Waals surface area contributed by atoms with Gasteiger partial charge < -0.3 is 9.47 Å². The zero-order valence-electron chi connectivity index (χ0n) is 12.2. The molecule has 1 rings (SSSR count). The van der Waals surface area contributed by atoms with Crippen molar-refractivity contribution in [1.29, 1.82) is 5.26 Å². The smallest absolute Gasteiger partial charge is 0.330 e. The molecule has 0 aliphatic rings. The Hall–Kier alpha value is -2.27. The highest BCUT2D eigenvalue weighted by molar-refractivity contribution is 7.87. The largest absolute Gasteiger partial charge is 0.493 e. The van der Waals surface area contributed by atoms with E-state index in [2.05, 4.69) is 9.44 Å². The topological polar surface area (TPSA) is 98.0 Å². The maximum atomic E-state index is 11.5. The second kappa shape index (κ2) is 6.95. The van der Waals surface area contributed by atoms with Gasteiger partial charge in [-0.3, -0.25) is 4.28 Å².